The van der Waals surface area contributed by atoms with Gasteiger partial charge in [0.2, 0.25) is 11.8 Å². The Morgan fingerprint density at radius 1 is 0.496 bits per heavy atom. The zero-order valence-corrected chi connectivity index (χ0v) is 78.7. The summed E-state index contributed by atoms with van der Waals surface area (Å²) >= 11 is 2.76. The molecule has 4 aliphatic heterocycles. The Morgan fingerprint density at radius 2 is 0.964 bits per heavy atom. The number of carbonyl (C=O) groups excluding carboxylic acids is 7. The first-order valence-corrected chi connectivity index (χ1v) is 48.1. The second-order valence-corrected chi connectivity index (χ2v) is 39.3. The highest BCUT2D eigenvalue weighted by Crippen LogP contribution is 2.49. The van der Waals surface area contributed by atoms with Gasteiger partial charge in [0.15, 0.2) is 21.7 Å². The first-order valence-electron chi connectivity index (χ1n) is 46.4. The van der Waals surface area contributed by atoms with Gasteiger partial charge < -0.3 is 47.9 Å². The van der Waals surface area contributed by atoms with Crippen molar-refractivity contribution in [2.24, 2.45) is 7.05 Å². The summed E-state index contributed by atoms with van der Waals surface area (Å²) in [4.78, 5) is 118. The molecule has 1 atom stereocenters. The smallest absolute Gasteiger partial charge is 0.420 e. The van der Waals surface area contributed by atoms with Crippen LogP contribution in [0.1, 0.15) is 205 Å². The van der Waals surface area contributed by atoms with E-state index in [-0.39, 0.29) is 100 Å². The van der Waals surface area contributed by atoms with Crippen LogP contribution in [0.5, 0.6) is 11.5 Å². The minimum absolute atomic E-state index is 0.0351. The Balaban J connectivity index is 0.000000201. The number of benzene rings is 7. The van der Waals surface area contributed by atoms with Crippen LogP contribution < -0.4 is 40.1 Å². The predicted octanol–water partition coefficient (Wildman–Crippen LogP) is 19.9. The molecule has 26 nitrogen and oxygen atoms in total. The van der Waals surface area contributed by atoms with Crippen LogP contribution >= 0.6 is 22.7 Å². The van der Waals surface area contributed by atoms with Gasteiger partial charge in [0.1, 0.15) is 51.7 Å². The number of ether oxygens (including phenoxy) is 6. The SMILES string of the molecule is CC(C)(C)OC(=O)c1nc(N2CCc3cccc(C(=O)Nc4nc5ccccc5s4)c3C2)ccc1-c1cccc(OC2CCC(OCCC=O)CC2)c1C(F)(F)F.Cn1nc(C2CCC(=O)NC2=O)c2cccc(N3CCN(CCCOC4CCC(Oc5cccc(-c6ccc(N7CCc8cccc(C(=O)Nc9nc%10ccccc%10s9)c8C7)nc6C(=O)OC(C)(C)C)c5C(F)(F)F)CC4)CC3)c21. The molecule has 9 heterocycles. The topological polar surface area (TPSA) is 293 Å². The number of aromatic nitrogens is 6. The fraction of sp³-hybridized carbons (Fsp3) is 0.398. The normalized spacial score (nSPS) is 18.4. The molecule has 5 aromatic heterocycles. The zero-order valence-electron chi connectivity index (χ0n) is 77.1. The average molecular weight is 1910 g/mol. The van der Waals surface area contributed by atoms with Gasteiger partial charge in [-0.3, -0.25) is 44.7 Å². The van der Waals surface area contributed by atoms with E-state index in [1.807, 2.05) is 106 Å². The van der Waals surface area contributed by atoms with Gasteiger partial charge in [0, 0.05) is 124 Å². The van der Waals surface area contributed by atoms with Crippen molar-refractivity contribution in [3.8, 4) is 33.8 Å². The molecule has 1 unspecified atom stereocenters. The molecule has 0 bridgehead atoms. The van der Waals surface area contributed by atoms with Crippen molar-refractivity contribution in [3.05, 3.63) is 225 Å². The molecule has 2 aliphatic carbocycles. The zero-order chi connectivity index (χ0) is 96.2. The van der Waals surface area contributed by atoms with E-state index in [9.17, 15) is 33.6 Å². The maximum atomic E-state index is 15.5. The van der Waals surface area contributed by atoms with Crippen molar-refractivity contribution in [1.82, 2.24) is 39.9 Å². The van der Waals surface area contributed by atoms with Gasteiger partial charge in [0.25, 0.3) is 11.8 Å². The predicted molar refractivity (Wildman–Crippen MR) is 512 cm³/mol. The Hall–Kier alpha value is -12.8. The number of esters is 2. The summed E-state index contributed by atoms with van der Waals surface area (Å²) in [5.74, 6) is -3.36. The van der Waals surface area contributed by atoms with Gasteiger partial charge in [-0.25, -0.2) is 29.5 Å². The third-order valence-electron chi connectivity index (χ3n) is 25.4. The number of aryl methyl sites for hydroxylation is 1. The van der Waals surface area contributed by atoms with Crippen molar-refractivity contribution in [3.63, 3.8) is 0 Å². The number of anilines is 5. The molecule has 716 valence electrons. The number of rotatable bonds is 25. The molecule has 3 N–H and O–H groups in total. The number of imide groups is 1. The number of piperidine rings is 1. The number of fused-ring (bicyclic) bond motifs is 5. The monoisotopic (exact) mass is 1910 g/mol. The number of hydrogen-bond donors (Lipinski definition) is 3. The number of aldehydes is 1. The first-order chi connectivity index (χ1) is 65.7. The lowest BCUT2D eigenvalue weighted by Gasteiger charge is -2.36. The Labute approximate surface area is 796 Å². The van der Waals surface area contributed by atoms with Gasteiger partial charge in [0.05, 0.1) is 74.3 Å². The number of pyridine rings is 2. The van der Waals surface area contributed by atoms with Crippen molar-refractivity contribution in [2.75, 3.05) is 84.4 Å². The summed E-state index contributed by atoms with van der Waals surface area (Å²) in [5.41, 5.74) is 3.66. The van der Waals surface area contributed by atoms with Crippen LogP contribution in [0.15, 0.2) is 164 Å². The van der Waals surface area contributed by atoms with Gasteiger partial charge in [-0.15, -0.1) is 0 Å². The molecule has 4 fully saturated rings. The van der Waals surface area contributed by atoms with Crippen LogP contribution in [0.3, 0.4) is 0 Å². The number of piperazine rings is 1. The molecule has 4 amide bonds. The van der Waals surface area contributed by atoms with Gasteiger partial charge in [-0.1, -0.05) is 108 Å². The molecule has 18 rings (SSSR count). The van der Waals surface area contributed by atoms with E-state index >= 15 is 26.3 Å². The highest BCUT2D eigenvalue weighted by atomic mass is 32.1. The lowest BCUT2D eigenvalue weighted by atomic mass is 9.92. The third-order valence-corrected chi connectivity index (χ3v) is 27.3. The van der Waals surface area contributed by atoms with Crippen LogP contribution in [0.25, 0.3) is 53.6 Å². The molecule has 34 heteroatoms. The third kappa shape index (κ3) is 22.4. The van der Waals surface area contributed by atoms with Gasteiger partial charge in [-0.2, -0.15) is 31.4 Å². The Kier molecular flexibility index (Phi) is 28.6. The van der Waals surface area contributed by atoms with Crippen LogP contribution in [0, 0.1) is 0 Å². The average Bonchev–Trinajstić information content (AvgIpc) is 1.40. The second-order valence-electron chi connectivity index (χ2n) is 37.2. The van der Waals surface area contributed by atoms with E-state index in [1.165, 1.54) is 71.2 Å². The summed E-state index contributed by atoms with van der Waals surface area (Å²) in [6.07, 6.45) is -2.57. The van der Waals surface area contributed by atoms with Crippen molar-refractivity contribution >= 4 is 123 Å². The number of hydrogen-bond acceptors (Lipinski definition) is 24. The highest BCUT2D eigenvalue weighted by molar-refractivity contribution is 7.22. The summed E-state index contributed by atoms with van der Waals surface area (Å²) in [6.45, 7) is 16.7. The molecule has 0 radical (unpaired) electrons. The summed E-state index contributed by atoms with van der Waals surface area (Å²) in [7, 11) is 1.90. The van der Waals surface area contributed by atoms with E-state index < -0.39 is 64.7 Å². The maximum Gasteiger partial charge on any atom is 0.420 e. The lowest BCUT2D eigenvalue weighted by Crippen LogP contribution is -2.47. The maximum absolute atomic E-state index is 15.5. The van der Waals surface area contributed by atoms with Crippen molar-refractivity contribution in [2.45, 2.75) is 198 Å². The van der Waals surface area contributed by atoms with Crippen LogP contribution in [0.4, 0.5) is 53.9 Å². The lowest BCUT2D eigenvalue weighted by molar-refractivity contribution is -0.139. The number of halogens is 6. The number of para-hydroxylation sites is 3. The van der Waals surface area contributed by atoms with Gasteiger partial charge in [-0.05, 0) is 220 Å². The second kappa shape index (κ2) is 40.9. The molecule has 12 aromatic rings. The standard InChI is InChI=1S/C60H64F3N9O7S.C43H43F3N4O6S/c1-59(2,3)79-57(76)53-40(23-25-49(65-53)72-29-27-36-11-7-13-41(44(36)35-72)55(74)67-58-64-45-15-5-6-18-48(45)80-58)39-12-9-17-47(51(39)60(61,62)63)78-38-21-19-37(20-22-38)77-34-10-28-70-30-32-71(33-31-70)46-16-8-14-42-52(68-69(4)54(42)46)43-24-26-50(73)66-56(43)75;1-42(2,3)56-40(53)38-30(29-10-7-13-34(37(29)43(44,45)46)55-28-17-15-27(16-18-28)54-24-8-23-51)19-20-36(48-38)50-22-21-26-9-6-11-31(32(26)25-50)39(52)49-41-47-33-12-4-5-14-35(33)57-41/h5-9,11-18,23,25,37-38,43H,10,19-22,24,26-35H2,1-4H3,(H,64,67,74)(H,66,73,75);4-7,9-14,19-20,23,27-28H,8,15-18,21-22,24-25H2,1-3H3,(H,47,49,52). The number of amides is 4. The van der Waals surface area contributed by atoms with Crippen LogP contribution in [-0.2, 0) is 78.7 Å². The summed E-state index contributed by atoms with van der Waals surface area (Å²) in [6, 6.07) is 46.9. The largest absolute Gasteiger partial charge is 0.490 e. The molecule has 7 aromatic carbocycles. The first kappa shape index (κ1) is 95.9. The van der Waals surface area contributed by atoms with E-state index in [2.05, 4.69) is 41.8 Å². The molecule has 6 aliphatic rings. The van der Waals surface area contributed by atoms with E-state index in [4.69, 9.17) is 43.5 Å². The summed E-state index contributed by atoms with van der Waals surface area (Å²) < 4.78 is 131. The van der Waals surface area contributed by atoms with Crippen LogP contribution in [-0.4, -0.2) is 171 Å². The molecular formula is C103H107F6N13O13S2. The molecule has 2 saturated carbocycles. The number of carbonyl (C=O) groups is 7. The quantitative estimate of drug-likeness (QED) is 0.0157. The number of nitrogens with one attached hydrogen (secondary N) is 3. The van der Waals surface area contributed by atoms with Crippen LogP contribution in [0.2, 0.25) is 0 Å². The van der Waals surface area contributed by atoms with Gasteiger partial charge >= 0.3 is 24.3 Å². The Bertz CT molecular complexity index is 6460. The van der Waals surface area contributed by atoms with E-state index in [1.54, 1.807) is 65.8 Å². The minimum atomic E-state index is -4.86. The highest BCUT2D eigenvalue weighted by Gasteiger charge is 2.44. The van der Waals surface area contributed by atoms with Crippen molar-refractivity contribution < 1.29 is 88.3 Å². The number of thiazole rings is 2. The number of alkyl halides is 6. The fourth-order valence-corrected chi connectivity index (χ4v) is 20.7. The summed E-state index contributed by atoms with van der Waals surface area (Å²) in [5, 5.41) is 15.0. The molecular weight excluding hydrogens is 1810 g/mol. The van der Waals surface area contributed by atoms with E-state index in [0.29, 0.717) is 142 Å². The van der Waals surface area contributed by atoms with E-state index in [0.717, 1.165) is 105 Å². The number of nitrogens with zero attached hydrogens (tertiary/aromatic N) is 10. The molecule has 137 heavy (non-hydrogen) atoms. The van der Waals surface area contributed by atoms with Crippen molar-refractivity contribution in [1.29, 1.82) is 0 Å². The molecule has 0 spiro atoms. The Morgan fingerprint density at radius 3 is 1.43 bits per heavy atom. The minimum Gasteiger partial charge on any atom is -0.490 e. The molecule has 2 saturated heterocycles. The fourth-order valence-electron chi connectivity index (χ4n) is 18.9.